The minimum absolute atomic E-state index is 0.137. The van der Waals surface area contributed by atoms with Gasteiger partial charge in [-0.3, -0.25) is 9.59 Å². The Kier molecular flexibility index (Phi) is 39.6. The lowest BCUT2D eigenvalue weighted by atomic mass is 9.79. The lowest BCUT2D eigenvalue weighted by Gasteiger charge is -2.26. The van der Waals surface area contributed by atoms with E-state index in [0.717, 1.165) is 89.0 Å². The van der Waals surface area contributed by atoms with Crippen LogP contribution in [-0.4, -0.2) is 128 Å². The molecule has 12 aromatic rings. The molecule has 0 radical (unpaired) electrons. The number of methoxy groups -OCH3 is 4. The Bertz CT molecular complexity index is 5530. The standard InChI is InChI=1S/C57H64O6.C53H56O10.C7H14O2.C6H11BrO2/c1-32-19-46(20-33(2)40(32)9)56(47-21-34(3)41(10)35(4)22-47)50-28-44(15-17-52(50)62-30-54(58)60-13)27-45-16-18-53(63-31-55(59)61-14)51(29-45)57(48-23-36(5)42(11)37(6)24-48)49-25-38(7)43(12)39(8)26-49;1-28-15-38(16-29(2)50(28)56)48(39-17-30(3)51(57)31(4)18-39)42-24-36(11-13-44(42)62-26-46(54)60-9)23-37-12-14-45(63-27-47(55)61-10)43(25-37)49(40-19-32(5)52(58)33(6)20-40)41-21-34(7)53(59)35(8)22-41;1-5-6(8)9-7(2,3)4;1-6(2,3)9-5(8)4-7/h15-26,28-29,56-57H,27,30-31H2,1-14H3;11-22,24-25,48-49,56-59H,23,26-27H2,1-10H3;5H2,1-4H3;4H2,1-3H3. The summed E-state index contributed by atoms with van der Waals surface area (Å²) in [7, 11) is 5.37. The Morgan fingerprint density at radius 3 is 0.562 bits per heavy atom. The molecule has 21 heteroatoms. The van der Waals surface area contributed by atoms with Crippen molar-refractivity contribution < 1.29 is 96.6 Å². The van der Waals surface area contributed by atoms with E-state index in [0.29, 0.717) is 86.8 Å². The molecule has 144 heavy (non-hydrogen) atoms. The molecule has 12 rings (SSSR count). The minimum Gasteiger partial charge on any atom is -0.507 e. The zero-order chi connectivity index (χ0) is 107. The number of aryl methyl sites for hydroxylation is 16. The van der Waals surface area contributed by atoms with E-state index >= 15 is 0 Å². The van der Waals surface area contributed by atoms with Gasteiger partial charge in [-0.2, -0.15) is 0 Å². The summed E-state index contributed by atoms with van der Waals surface area (Å²) in [5.74, 6) is -0.616. The van der Waals surface area contributed by atoms with Crippen LogP contribution in [0, 0.1) is 138 Å². The molecule has 0 aliphatic carbocycles. The number of hydrogen-bond acceptors (Lipinski definition) is 20. The van der Waals surface area contributed by atoms with E-state index in [1.54, 1.807) is 6.92 Å². The van der Waals surface area contributed by atoms with Crippen LogP contribution in [0.2, 0.25) is 0 Å². The zero-order valence-corrected chi connectivity index (χ0v) is 91.4. The third-order valence-electron chi connectivity index (χ3n) is 26.4. The molecule has 0 atom stereocenters. The van der Waals surface area contributed by atoms with Crippen LogP contribution in [0.3, 0.4) is 0 Å². The van der Waals surface area contributed by atoms with Crippen LogP contribution in [0.4, 0.5) is 0 Å². The number of benzene rings is 12. The summed E-state index contributed by atoms with van der Waals surface area (Å²) in [6.07, 6.45) is 1.50. The van der Waals surface area contributed by atoms with Crippen molar-refractivity contribution in [1.82, 2.24) is 0 Å². The van der Waals surface area contributed by atoms with Gasteiger partial charge in [-0.1, -0.05) is 168 Å². The Morgan fingerprint density at radius 2 is 0.424 bits per heavy atom. The second-order valence-corrected chi connectivity index (χ2v) is 40.4. The molecule has 0 bridgehead atoms. The summed E-state index contributed by atoms with van der Waals surface area (Å²) in [6, 6.07) is 58.2. The molecule has 0 saturated carbocycles. The summed E-state index contributed by atoms with van der Waals surface area (Å²) in [4.78, 5) is 71.1. The van der Waals surface area contributed by atoms with E-state index in [1.165, 1.54) is 95.2 Å². The van der Waals surface area contributed by atoms with Gasteiger partial charge < -0.3 is 67.8 Å². The van der Waals surface area contributed by atoms with Gasteiger partial charge in [0.2, 0.25) is 0 Å². The summed E-state index contributed by atoms with van der Waals surface area (Å²) in [5, 5.41) is 43.6. The normalized spacial score (nSPS) is 11.2. The first kappa shape index (κ1) is 114. The quantitative estimate of drug-likeness (QED) is 0.0141. The maximum atomic E-state index is 12.5. The number of ether oxygens (including phenoxy) is 10. The molecule has 0 fully saturated rings. The predicted molar refractivity (Wildman–Crippen MR) is 574 cm³/mol. The first-order chi connectivity index (χ1) is 67.7. The number of phenols is 4. The lowest BCUT2D eigenvalue weighted by molar-refractivity contribution is -0.154. The monoisotopic (exact) mass is 2020 g/mol. The number of hydrogen-bond donors (Lipinski definition) is 4. The number of alkyl halides is 1. The van der Waals surface area contributed by atoms with Gasteiger partial charge in [0.15, 0.2) is 26.4 Å². The SMILES string of the molecule is CC(C)(C)OC(=O)CBr.CCC(=O)OC(C)(C)C.COC(=O)COc1ccc(Cc2ccc(OCC(=O)OC)c(C(c3cc(C)c(C)c(C)c3)c3cc(C)c(C)c(C)c3)c2)cc1C(c1cc(C)c(C)c(C)c1)c1cc(C)c(C)c(C)c1.COC(=O)COc1ccc(Cc2ccc(OCC(=O)OC)c(C(c3cc(C)c(O)c(C)c3)c3cc(C)c(O)c(C)c3)c2)cc1C(c1cc(C)c(O)c(C)c1)c1cc(C)c(O)c(C)c1. The molecule has 0 aliphatic rings. The van der Waals surface area contributed by atoms with Crippen LogP contribution in [0.5, 0.6) is 46.0 Å². The van der Waals surface area contributed by atoms with E-state index in [1.807, 2.05) is 182 Å². The van der Waals surface area contributed by atoms with E-state index < -0.39 is 35.7 Å². The van der Waals surface area contributed by atoms with Crippen molar-refractivity contribution >= 4 is 51.7 Å². The van der Waals surface area contributed by atoms with Crippen LogP contribution < -0.4 is 18.9 Å². The van der Waals surface area contributed by atoms with Crippen LogP contribution in [0.15, 0.2) is 170 Å². The molecule has 0 heterocycles. The third-order valence-corrected chi connectivity index (χ3v) is 26.9. The first-order valence-electron chi connectivity index (χ1n) is 48.5. The van der Waals surface area contributed by atoms with Crippen molar-refractivity contribution in [2.75, 3.05) is 60.2 Å². The summed E-state index contributed by atoms with van der Waals surface area (Å²) in [6.45, 7) is 52.7. The van der Waals surface area contributed by atoms with Crippen LogP contribution in [0.25, 0.3) is 0 Å². The molecule has 20 nitrogen and oxygen atoms in total. The van der Waals surface area contributed by atoms with Crippen molar-refractivity contribution in [2.24, 2.45) is 0 Å². The smallest absolute Gasteiger partial charge is 0.343 e. The van der Waals surface area contributed by atoms with E-state index in [4.69, 9.17) is 47.4 Å². The van der Waals surface area contributed by atoms with Gasteiger partial charge in [-0.25, -0.2) is 19.2 Å². The third kappa shape index (κ3) is 29.8. The second kappa shape index (κ2) is 50.0. The molecule has 0 unspecified atom stereocenters. The number of phenolic OH excluding ortho intramolecular Hbond substituents is 4. The zero-order valence-electron chi connectivity index (χ0n) is 89.8. The van der Waals surface area contributed by atoms with Gasteiger partial charge in [0.25, 0.3) is 0 Å². The number of rotatable bonds is 30. The van der Waals surface area contributed by atoms with Crippen LogP contribution >= 0.6 is 15.9 Å². The number of carbonyl (C=O) groups is 6. The molecule has 0 saturated heterocycles. The molecular weight excluding hydrogens is 1880 g/mol. The highest BCUT2D eigenvalue weighted by molar-refractivity contribution is 9.09. The lowest BCUT2D eigenvalue weighted by Crippen LogP contribution is -2.24. The highest BCUT2D eigenvalue weighted by Gasteiger charge is 2.32. The summed E-state index contributed by atoms with van der Waals surface area (Å²) in [5.41, 5.74) is 35.3. The number of esters is 6. The summed E-state index contributed by atoms with van der Waals surface area (Å²) >= 11 is 2.99. The van der Waals surface area contributed by atoms with Crippen LogP contribution in [0.1, 0.15) is 279 Å². The van der Waals surface area contributed by atoms with Gasteiger partial charge in [0.05, 0.1) is 28.4 Å². The minimum atomic E-state index is -0.538. The maximum absolute atomic E-state index is 12.5. The topological polar surface area (TPSA) is 276 Å². The number of carbonyl (C=O) groups excluding carboxylic acids is 6. The van der Waals surface area contributed by atoms with Gasteiger partial charge in [0.1, 0.15) is 62.5 Å². The molecule has 0 aromatic heterocycles. The highest BCUT2D eigenvalue weighted by atomic mass is 79.9. The number of halogens is 1. The highest BCUT2D eigenvalue weighted by Crippen LogP contribution is 2.48. The molecule has 764 valence electrons. The fourth-order valence-electron chi connectivity index (χ4n) is 18.1. The summed E-state index contributed by atoms with van der Waals surface area (Å²) < 4.78 is 54.8. The van der Waals surface area contributed by atoms with Crippen molar-refractivity contribution in [2.45, 2.75) is 241 Å². The second-order valence-electron chi connectivity index (χ2n) is 39.8. The average Bonchev–Trinajstić information content (AvgIpc) is 0.785. The molecule has 0 spiro atoms. The van der Waals surface area contributed by atoms with Crippen molar-refractivity contribution in [1.29, 1.82) is 0 Å². The van der Waals surface area contributed by atoms with Crippen LogP contribution in [-0.2, 0) is 70.0 Å². The Labute approximate surface area is 860 Å². The fourth-order valence-corrected chi connectivity index (χ4v) is 18.2. The van der Waals surface area contributed by atoms with E-state index in [9.17, 15) is 49.2 Å². The van der Waals surface area contributed by atoms with Crippen molar-refractivity contribution in [3.8, 4) is 46.0 Å². The van der Waals surface area contributed by atoms with Gasteiger partial charge in [0, 0.05) is 52.3 Å². The van der Waals surface area contributed by atoms with Gasteiger partial charge in [-0.15, -0.1) is 0 Å². The molecular formula is C123H145BrO20. The molecule has 0 aliphatic heterocycles. The number of aromatic hydroxyl groups is 4. The van der Waals surface area contributed by atoms with Crippen molar-refractivity contribution in [3.63, 3.8) is 0 Å². The molecule has 0 amide bonds. The van der Waals surface area contributed by atoms with Crippen molar-refractivity contribution in [3.05, 3.63) is 370 Å². The van der Waals surface area contributed by atoms with Gasteiger partial charge >= 0.3 is 35.8 Å². The van der Waals surface area contributed by atoms with Gasteiger partial charge in [-0.05, 0) is 395 Å². The Morgan fingerprint density at radius 1 is 0.257 bits per heavy atom. The maximum Gasteiger partial charge on any atom is 0.343 e. The molecule has 4 N–H and O–H groups in total. The largest absolute Gasteiger partial charge is 0.507 e. The predicted octanol–water partition coefficient (Wildman–Crippen LogP) is 25.9. The first-order valence-corrected chi connectivity index (χ1v) is 49.6. The molecule has 12 aromatic carbocycles. The van der Waals surface area contributed by atoms with E-state index in [-0.39, 0.29) is 89.7 Å². The Hall–Kier alpha value is -13.7. The average molecular weight is 2020 g/mol. The fraction of sp³-hybridized carbons (Fsp3) is 0.366. The Balaban J connectivity index is 0.000000273. The van der Waals surface area contributed by atoms with E-state index in [2.05, 4.69) is 184 Å².